The van der Waals surface area contributed by atoms with Crippen molar-refractivity contribution in [1.29, 1.82) is 0 Å². The molecule has 9 nitrogen and oxygen atoms in total. The molecule has 3 aliphatic heterocycles. The van der Waals surface area contributed by atoms with Crippen LogP contribution in [0.2, 0.25) is 0 Å². The van der Waals surface area contributed by atoms with Gasteiger partial charge in [0.15, 0.2) is 6.61 Å². The number of carbonyl (C=O) groups excluding carboxylic acids is 2. The zero-order valence-electron chi connectivity index (χ0n) is 16.4. The maximum Gasteiger partial charge on any atom is 0.340 e. The number of nitrogens with zero attached hydrogens (tertiary/aromatic N) is 3. The van der Waals surface area contributed by atoms with Gasteiger partial charge in [-0.15, -0.1) is 4.40 Å². The van der Waals surface area contributed by atoms with Crippen molar-refractivity contribution in [3.63, 3.8) is 0 Å². The zero-order valence-corrected chi connectivity index (χ0v) is 17.2. The monoisotopic (exact) mass is 431 g/mol. The van der Waals surface area contributed by atoms with Crippen LogP contribution >= 0.6 is 0 Å². The normalized spacial score (nSPS) is 19.2. The van der Waals surface area contributed by atoms with Gasteiger partial charge in [0.25, 0.3) is 15.9 Å². The largest absolute Gasteiger partial charge is 0.497 e. The van der Waals surface area contributed by atoms with Crippen LogP contribution < -0.4 is 9.64 Å². The number of carbonyl (C=O) groups is 2. The van der Waals surface area contributed by atoms with Crippen LogP contribution in [0.3, 0.4) is 0 Å². The Morgan fingerprint density at radius 3 is 2.83 bits per heavy atom. The molecule has 1 amide bonds. The molecule has 0 bridgehead atoms. The second kappa shape index (κ2) is 7.94. The molecule has 30 heavy (non-hydrogen) atoms. The number of rotatable bonds is 4. The van der Waals surface area contributed by atoms with E-state index < -0.39 is 16.0 Å². The SMILES string of the molecule is COc1ccc2c(c1)CCCN2C(=O)COC(=O)C1=CN2CCS(=O)(=O)N=C2C=C1. The average molecular weight is 431 g/mol. The highest BCUT2D eigenvalue weighted by Gasteiger charge is 2.27. The van der Waals surface area contributed by atoms with E-state index >= 15 is 0 Å². The first kappa shape index (κ1) is 20.1. The first-order valence-corrected chi connectivity index (χ1v) is 11.1. The van der Waals surface area contributed by atoms with Crippen LogP contribution in [-0.4, -0.2) is 63.6 Å². The van der Waals surface area contributed by atoms with Gasteiger partial charge in [-0.1, -0.05) is 0 Å². The topological polar surface area (TPSA) is 106 Å². The summed E-state index contributed by atoms with van der Waals surface area (Å²) >= 11 is 0. The minimum atomic E-state index is -3.46. The number of methoxy groups -OCH3 is 1. The van der Waals surface area contributed by atoms with E-state index in [1.807, 2.05) is 12.1 Å². The van der Waals surface area contributed by atoms with E-state index in [0.29, 0.717) is 6.54 Å². The predicted molar refractivity (Wildman–Crippen MR) is 110 cm³/mol. The summed E-state index contributed by atoms with van der Waals surface area (Å²) in [6.45, 7) is 0.375. The Bertz CT molecular complexity index is 1090. The smallest absolute Gasteiger partial charge is 0.340 e. The van der Waals surface area contributed by atoms with Gasteiger partial charge < -0.3 is 19.3 Å². The number of ether oxygens (including phenoxy) is 2. The number of amidine groups is 1. The first-order chi connectivity index (χ1) is 14.4. The van der Waals surface area contributed by atoms with Gasteiger partial charge in [-0.25, -0.2) is 13.2 Å². The number of fused-ring (bicyclic) bond motifs is 2. The fourth-order valence-corrected chi connectivity index (χ4v) is 4.54. The number of hydrogen-bond donors (Lipinski definition) is 0. The summed E-state index contributed by atoms with van der Waals surface area (Å²) in [4.78, 5) is 28.3. The Morgan fingerprint density at radius 1 is 1.20 bits per heavy atom. The highest BCUT2D eigenvalue weighted by atomic mass is 32.2. The molecule has 0 spiro atoms. The summed E-state index contributed by atoms with van der Waals surface area (Å²) in [5.74, 6) is -0.0887. The minimum absolute atomic E-state index is 0.124. The maximum absolute atomic E-state index is 12.7. The maximum atomic E-state index is 12.7. The molecule has 0 saturated heterocycles. The van der Waals surface area contributed by atoms with Gasteiger partial charge in [0.05, 0.1) is 18.4 Å². The van der Waals surface area contributed by atoms with Gasteiger partial charge in [0, 0.05) is 25.0 Å². The van der Waals surface area contributed by atoms with Crippen molar-refractivity contribution in [2.45, 2.75) is 12.8 Å². The summed E-state index contributed by atoms with van der Waals surface area (Å²) in [5.41, 5.74) is 2.05. The molecule has 0 atom stereocenters. The molecular formula is C20H21N3O6S. The number of aryl methyl sites for hydroxylation is 1. The van der Waals surface area contributed by atoms with E-state index in [2.05, 4.69) is 4.40 Å². The van der Waals surface area contributed by atoms with Crippen LogP contribution in [-0.2, 0) is 30.8 Å². The lowest BCUT2D eigenvalue weighted by Gasteiger charge is -2.30. The molecule has 0 radical (unpaired) electrons. The minimum Gasteiger partial charge on any atom is -0.497 e. The number of benzene rings is 1. The van der Waals surface area contributed by atoms with E-state index in [-0.39, 0.29) is 36.2 Å². The van der Waals surface area contributed by atoms with Crippen molar-refractivity contribution in [2.24, 2.45) is 4.40 Å². The Hall–Kier alpha value is -3.14. The lowest BCUT2D eigenvalue weighted by atomic mass is 10.0. The van der Waals surface area contributed by atoms with Crippen molar-refractivity contribution in [1.82, 2.24) is 4.90 Å². The van der Waals surface area contributed by atoms with Gasteiger partial charge in [-0.2, -0.15) is 0 Å². The molecule has 1 aromatic carbocycles. The van der Waals surface area contributed by atoms with Gasteiger partial charge >= 0.3 is 5.97 Å². The van der Waals surface area contributed by atoms with Crippen LogP contribution in [0, 0.1) is 0 Å². The molecular weight excluding hydrogens is 410 g/mol. The lowest BCUT2D eigenvalue weighted by Crippen LogP contribution is -2.39. The number of amides is 1. The summed E-state index contributed by atoms with van der Waals surface area (Å²) in [6.07, 6.45) is 6.04. The third kappa shape index (κ3) is 4.09. The fourth-order valence-electron chi connectivity index (χ4n) is 3.57. The summed E-state index contributed by atoms with van der Waals surface area (Å²) in [6, 6.07) is 5.55. The first-order valence-electron chi connectivity index (χ1n) is 9.50. The highest BCUT2D eigenvalue weighted by molar-refractivity contribution is 7.90. The Labute approximate surface area is 174 Å². The Balaban J connectivity index is 1.40. The van der Waals surface area contributed by atoms with Crippen molar-refractivity contribution in [2.75, 3.05) is 37.5 Å². The van der Waals surface area contributed by atoms with Crippen molar-refractivity contribution in [3.05, 3.63) is 47.7 Å². The number of esters is 1. The third-order valence-corrected chi connectivity index (χ3v) is 6.26. The zero-order chi connectivity index (χ0) is 21.3. The summed E-state index contributed by atoms with van der Waals surface area (Å²) in [5, 5.41) is 0. The fraction of sp³-hybridized carbons (Fsp3) is 0.350. The average Bonchev–Trinajstić information content (AvgIpc) is 2.75. The number of anilines is 1. The molecule has 0 N–H and O–H groups in total. The van der Waals surface area contributed by atoms with Crippen LogP contribution in [0.25, 0.3) is 0 Å². The summed E-state index contributed by atoms with van der Waals surface area (Å²) in [7, 11) is -1.87. The van der Waals surface area contributed by atoms with Crippen molar-refractivity contribution in [3.8, 4) is 5.75 Å². The molecule has 3 heterocycles. The standard InChI is InChI=1S/C20H21N3O6S/c1-28-16-5-6-17-14(11-16)3-2-8-23(17)19(24)13-29-20(25)15-4-7-18-21-30(26,27)10-9-22(18)12-15/h4-7,11-12H,2-3,8-10,13H2,1H3. The summed E-state index contributed by atoms with van der Waals surface area (Å²) < 4.78 is 37.2. The molecule has 3 aliphatic rings. The molecule has 0 fully saturated rings. The second-order valence-corrected chi connectivity index (χ2v) is 8.82. The van der Waals surface area contributed by atoms with Crippen LogP contribution in [0.4, 0.5) is 5.69 Å². The Morgan fingerprint density at radius 2 is 2.03 bits per heavy atom. The quantitative estimate of drug-likeness (QED) is 0.655. The highest BCUT2D eigenvalue weighted by Crippen LogP contribution is 2.30. The molecule has 0 aliphatic carbocycles. The van der Waals surface area contributed by atoms with E-state index in [1.54, 1.807) is 23.0 Å². The molecule has 0 unspecified atom stereocenters. The number of hydrogen-bond acceptors (Lipinski definition) is 7. The molecule has 158 valence electrons. The van der Waals surface area contributed by atoms with Crippen LogP contribution in [0.15, 0.2) is 46.5 Å². The van der Waals surface area contributed by atoms with E-state index in [9.17, 15) is 18.0 Å². The Kier molecular flexibility index (Phi) is 5.33. The van der Waals surface area contributed by atoms with Crippen molar-refractivity contribution < 1.29 is 27.5 Å². The third-order valence-electron chi connectivity index (χ3n) is 5.09. The lowest BCUT2D eigenvalue weighted by molar-refractivity contribution is -0.143. The van der Waals surface area contributed by atoms with E-state index in [1.165, 1.54) is 18.4 Å². The molecule has 0 saturated carbocycles. The van der Waals surface area contributed by atoms with Gasteiger partial charge in [0.2, 0.25) is 0 Å². The molecule has 0 aromatic heterocycles. The van der Waals surface area contributed by atoms with Gasteiger partial charge in [0.1, 0.15) is 11.6 Å². The predicted octanol–water partition coefficient (Wildman–Crippen LogP) is 1.02. The van der Waals surface area contributed by atoms with Crippen LogP contribution in [0.1, 0.15) is 12.0 Å². The number of sulfonamides is 1. The van der Waals surface area contributed by atoms with E-state index in [4.69, 9.17) is 9.47 Å². The second-order valence-electron chi connectivity index (χ2n) is 7.07. The molecule has 10 heteroatoms. The van der Waals surface area contributed by atoms with Gasteiger partial charge in [-0.05, 0) is 48.8 Å². The molecule has 4 rings (SSSR count). The molecule has 1 aromatic rings. The van der Waals surface area contributed by atoms with E-state index in [0.717, 1.165) is 29.8 Å². The van der Waals surface area contributed by atoms with Gasteiger partial charge in [-0.3, -0.25) is 4.79 Å². The van der Waals surface area contributed by atoms with Crippen LogP contribution in [0.5, 0.6) is 5.75 Å². The van der Waals surface area contributed by atoms with Crippen molar-refractivity contribution >= 4 is 33.4 Å².